The summed E-state index contributed by atoms with van der Waals surface area (Å²) in [5.74, 6) is 0. The third-order valence-corrected chi connectivity index (χ3v) is 2.34. The molecule has 2 aromatic rings. The number of carbonyl (C=O) groups is 1. The first-order valence-electron chi connectivity index (χ1n) is 5.66. The van der Waals surface area contributed by atoms with Gasteiger partial charge in [0, 0.05) is 5.69 Å². The van der Waals surface area contributed by atoms with Gasteiger partial charge in [0.1, 0.15) is 0 Å². The van der Waals surface area contributed by atoms with Crippen LogP contribution in [0.3, 0.4) is 0 Å². The Balaban J connectivity index is 1.89. The zero-order valence-electron chi connectivity index (χ0n) is 10.1. The minimum absolute atomic E-state index is 0.404. The van der Waals surface area contributed by atoms with E-state index in [1.54, 1.807) is 24.3 Å². The van der Waals surface area contributed by atoms with E-state index >= 15 is 0 Å². The second kappa shape index (κ2) is 6.07. The molecular formula is C14H12N4O. The number of nitrogens with one attached hydrogen (secondary N) is 3. The summed E-state index contributed by atoms with van der Waals surface area (Å²) in [6.45, 7) is 0. The number of nitriles is 1. The van der Waals surface area contributed by atoms with Crippen LogP contribution in [0.25, 0.3) is 0 Å². The van der Waals surface area contributed by atoms with E-state index in [1.165, 1.54) is 0 Å². The van der Waals surface area contributed by atoms with Crippen molar-refractivity contribution >= 4 is 17.4 Å². The van der Waals surface area contributed by atoms with Crippen LogP contribution in [-0.2, 0) is 0 Å². The number of carbonyl (C=O) groups excluding carboxylic acids is 1. The molecule has 0 aliphatic heterocycles. The maximum absolute atomic E-state index is 11.6. The van der Waals surface area contributed by atoms with Gasteiger partial charge in [-0.15, -0.1) is 0 Å². The van der Waals surface area contributed by atoms with Crippen LogP contribution in [0.4, 0.5) is 16.2 Å². The van der Waals surface area contributed by atoms with Gasteiger partial charge < -0.3 is 5.32 Å². The standard InChI is InChI=1S/C14H12N4O/c15-10-11-5-4-8-13(9-11)16-14(19)18-17-12-6-2-1-3-7-12/h1-9,17H,(H2,16,18,19). The third-order valence-electron chi connectivity index (χ3n) is 2.34. The number of amides is 2. The Morgan fingerprint density at radius 2 is 1.74 bits per heavy atom. The molecule has 19 heavy (non-hydrogen) atoms. The van der Waals surface area contributed by atoms with E-state index in [1.807, 2.05) is 36.4 Å². The summed E-state index contributed by atoms with van der Waals surface area (Å²) in [7, 11) is 0. The van der Waals surface area contributed by atoms with Crippen LogP contribution >= 0.6 is 0 Å². The van der Waals surface area contributed by atoms with Crippen LogP contribution in [0.5, 0.6) is 0 Å². The Morgan fingerprint density at radius 1 is 1.00 bits per heavy atom. The van der Waals surface area contributed by atoms with Gasteiger partial charge >= 0.3 is 6.03 Å². The van der Waals surface area contributed by atoms with Gasteiger partial charge in [-0.2, -0.15) is 5.26 Å². The Labute approximate surface area is 110 Å². The fraction of sp³-hybridized carbons (Fsp3) is 0. The number of hydrogen-bond acceptors (Lipinski definition) is 3. The van der Waals surface area contributed by atoms with Crippen LogP contribution in [0.15, 0.2) is 54.6 Å². The van der Waals surface area contributed by atoms with E-state index in [2.05, 4.69) is 16.2 Å². The highest BCUT2D eigenvalue weighted by atomic mass is 16.2. The fourth-order valence-corrected chi connectivity index (χ4v) is 1.48. The Morgan fingerprint density at radius 3 is 2.47 bits per heavy atom. The minimum Gasteiger partial charge on any atom is -0.307 e. The number of hydrazine groups is 1. The molecule has 0 unspecified atom stereocenters. The second-order valence-corrected chi connectivity index (χ2v) is 3.76. The van der Waals surface area contributed by atoms with E-state index in [0.717, 1.165) is 5.69 Å². The molecule has 0 radical (unpaired) electrons. The van der Waals surface area contributed by atoms with Gasteiger partial charge in [0.05, 0.1) is 17.3 Å². The average molecular weight is 252 g/mol. The Kier molecular flexibility index (Phi) is 3.98. The zero-order chi connectivity index (χ0) is 13.5. The van der Waals surface area contributed by atoms with Crippen molar-refractivity contribution < 1.29 is 4.79 Å². The molecule has 0 aliphatic carbocycles. The minimum atomic E-state index is -0.404. The van der Waals surface area contributed by atoms with E-state index in [-0.39, 0.29) is 0 Å². The smallest absolute Gasteiger partial charge is 0.307 e. The first-order valence-corrected chi connectivity index (χ1v) is 5.66. The molecule has 0 aromatic heterocycles. The van der Waals surface area contributed by atoms with Gasteiger partial charge in [0.2, 0.25) is 0 Å². The summed E-state index contributed by atoms with van der Waals surface area (Å²) in [4.78, 5) is 11.6. The van der Waals surface area contributed by atoms with Crippen LogP contribution in [-0.4, -0.2) is 6.03 Å². The molecule has 5 heteroatoms. The van der Waals surface area contributed by atoms with Gasteiger partial charge in [-0.1, -0.05) is 24.3 Å². The van der Waals surface area contributed by atoms with Crippen LogP contribution in [0, 0.1) is 11.3 Å². The third kappa shape index (κ3) is 3.75. The SMILES string of the molecule is N#Cc1cccc(NC(=O)NNc2ccccc2)c1. The topological polar surface area (TPSA) is 77.0 Å². The summed E-state index contributed by atoms with van der Waals surface area (Å²) >= 11 is 0. The van der Waals surface area contributed by atoms with Crippen molar-refractivity contribution in [3.8, 4) is 6.07 Å². The summed E-state index contributed by atoms with van der Waals surface area (Å²) in [6.07, 6.45) is 0. The molecule has 0 aliphatic rings. The molecule has 2 amide bonds. The molecule has 0 spiro atoms. The molecule has 0 saturated carbocycles. The summed E-state index contributed by atoms with van der Waals surface area (Å²) < 4.78 is 0. The molecule has 94 valence electrons. The van der Waals surface area contributed by atoms with E-state index in [0.29, 0.717) is 11.3 Å². The molecule has 2 rings (SSSR count). The van der Waals surface area contributed by atoms with Crippen molar-refractivity contribution in [2.24, 2.45) is 0 Å². The lowest BCUT2D eigenvalue weighted by Gasteiger charge is -2.09. The molecule has 0 atom stereocenters. The highest BCUT2D eigenvalue weighted by Crippen LogP contribution is 2.09. The van der Waals surface area contributed by atoms with Crippen molar-refractivity contribution in [1.29, 1.82) is 5.26 Å². The monoisotopic (exact) mass is 252 g/mol. The van der Waals surface area contributed by atoms with Gasteiger partial charge in [-0.05, 0) is 30.3 Å². The second-order valence-electron chi connectivity index (χ2n) is 3.76. The molecule has 3 N–H and O–H groups in total. The van der Waals surface area contributed by atoms with Crippen LogP contribution in [0.1, 0.15) is 5.56 Å². The van der Waals surface area contributed by atoms with Gasteiger partial charge in [-0.3, -0.25) is 10.9 Å². The Hall–Kier alpha value is -3.00. The normalized spacial score (nSPS) is 9.21. The molecule has 0 bridgehead atoms. The number of para-hydroxylation sites is 1. The summed E-state index contributed by atoms with van der Waals surface area (Å²) in [5, 5.41) is 11.4. The van der Waals surface area contributed by atoms with E-state index in [9.17, 15) is 4.79 Å². The quantitative estimate of drug-likeness (QED) is 0.735. The first kappa shape index (κ1) is 12.5. The van der Waals surface area contributed by atoms with E-state index < -0.39 is 6.03 Å². The molecule has 0 heterocycles. The van der Waals surface area contributed by atoms with Gasteiger partial charge in [-0.25, -0.2) is 4.79 Å². The number of urea groups is 1. The number of nitrogens with zero attached hydrogens (tertiary/aromatic N) is 1. The largest absolute Gasteiger partial charge is 0.337 e. The first-order chi connectivity index (χ1) is 9.28. The highest BCUT2D eigenvalue weighted by Gasteiger charge is 2.01. The average Bonchev–Trinajstić information content (AvgIpc) is 2.46. The molecule has 5 nitrogen and oxygen atoms in total. The highest BCUT2D eigenvalue weighted by molar-refractivity contribution is 5.90. The lowest BCUT2D eigenvalue weighted by molar-refractivity contribution is 0.254. The lowest BCUT2D eigenvalue weighted by atomic mass is 10.2. The number of hydrogen-bond donors (Lipinski definition) is 3. The van der Waals surface area contributed by atoms with Crippen molar-refractivity contribution in [3.05, 3.63) is 60.2 Å². The maximum Gasteiger partial charge on any atom is 0.337 e. The summed E-state index contributed by atoms with van der Waals surface area (Å²) in [6, 6.07) is 17.6. The van der Waals surface area contributed by atoms with Crippen molar-refractivity contribution in [1.82, 2.24) is 5.43 Å². The number of rotatable bonds is 3. The van der Waals surface area contributed by atoms with Gasteiger partial charge in [0.25, 0.3) is 0 Å². The molecule has 2 aromatic carbocycles. The maximum atomic E-state index is 11.6. The van der Waals surface area contributed by atoms with Crippen molar-refractivity contribution in [2.75, 3.05) is 10.7 Å². The van der Waals surface area contributed by atoms with Crippen LogP contribution < -0.4 is 16.2 Å². The zero-order valence-corrected chi connectivity index (χ0v) is 10.1. The Bertz CT molecular complexity index is 604. The van der Waals surface area contributed by atoms with E-state index in [4.69, 9.17) is 5.26 Å². The van der Waals surface area contributed by atoms with Crippen molar-refractivity contribution in [3.63, 3.8) is 0 Å². The van der Waals surface area contributed by atoms with Gasteiger partial charge in [0.15, 0.2) is 0 Å². The lowest BCUT2D eigenvalue weighted by Crippen LogP contribution is -2.33. The molecule has 0 fully saturated rings. The molecular weight excluding hydrogens is 240 g/mol. The fourth-order valence-electron chi connectivity index (χ4n) is 1.48. The predicted molar refractivity (Wildman–Crippen MR) is 73.4 cm³/mol. The number of benzene rings is 2. The summed E-state index contributed by atoms with van der Waals surface area (Å²) in [5.41, 5.74) is 7.10. The molecule has 0 saturated heterocycles. The predicted octanol–water partition coefficient (Wildman–Crippen LogP) is 2.71. The number of anilines is 2. The van der Waals surface area contributed by atoms with Crippen molar-refractivity contribution in [2.45, 2.75) is 0 Å². The van der Waals surface area contributed by atoms with Crippen LogP contribution in [0.2, 0.25) is 0 Å².